The monoisotopic (exact) mass is 443 g/mol. The number of aryl methyl sites for hydroxylation is 1. The lowest BCUT2D eigenvalue weighted by molar-refractivity contribution is -0.140. The van der Waals surface area contributed by atoms with Gasteiger partial charge in [0.1, 0.15) is 11.9 Å². The van der Waals surface area contributed by atoms with E-state index in [1.54, 1.807) is 12.1 Å². The molecule has 0 saturated heterocycles. The zero-order chi connectivity index (χ0) is 23.4. The number of amides is 2. The Morgan fingerprint density at radius 2 is 1.84 bits per heavy atom. The first-order valence-corrected chi connectivity index (χ1v) is 9.70. The topological polar surface area (TPSA) is 205 Å². The molecule has 2 amide bonds. The van der Waals surface area contributed by atoms with Gasteiger partial charge < -0.3 is 26.6 Å². The second-order valence-electron chi connectivity index (χ2n) is 7.29. The van der Waals surface area contributed by atoms with E-state index >= 15 is 0 Å². The zero-order valence-electron chi connectivity index (χ0n) is 16.8. The van der Waals surface area contributed by atoms with Gasteiger partial charge in [0, 0.05) is 12.0 Å². The van der Waals surface area contributed by atoms with E-state index < -0.39 is 35.4 Å². The predicted octanol–water partition coefficient (Wildman–Crippen LogP) is 0.0684. The van der Waals surface area contributed by atoms with E-state index in [9.17, 15) is 24.0 Å². The highest BCUT2D eigenvalue weighted by Crippen LogP contribution is 2.31. The summed E-state index contributed by atoms with van der Waals surface area (Å²) in [7, 11) is 0. The van der Waals surface area contributed by atoms with Crippen LogP contribution < -0.4 is 21.9 Å². The summed E-state index contributed by atoms with van der Waals surface area (Å²) >= 11 is 0. The summed E-state index contributed by atoms with van der Waals surface area (Å²) in [6, 6.07) is 4.99. The number of carboxylic acid groups (broad SMARTS) is 2. The normalized spacial score (nSPS) is 15.5. The molecule has 168 valence electrons. The molecule has 7 N–H and O–H groups in total. The summed E-state index contributed by atoms with van der Waals surface area (Å²) in [5, 5.41) is 22.7. The van der Waals surface area contributed by atoms with Gasteiger partial charge in [-0.25, -0.2) is 4.79 Å². The van der Waals surface area contributed by atoms with Crippen LogP contribution in [0.15, 0.2) is 29.1 Å². The molecule has 12 heteroatoms. The van der Waals surface area contributed by atoms with E-state index in [2.05, 4.69) is 20.6 Å². The van der Waals surface area contributed by atoms with Gasteiger partial charge in [-0.3, -0.25) is 24.2 Å². The summed E-state index contributed by atoms with van der Waals surface area (Å²) in [6.45, 7) is 0. The number of hydrogen-bond donors (Lipinski definition) is 6. The fourth-order valence-electron chi connectivity index (χ4n) is 3.43. The number of aromatic amines is 1. The lowest BCUT2D eigenvalue weighted by Gasteiger charge is -2.14. The van der Waals surface area contributed by atoms with Gasteiger partial charge in [-0.1, -0.05) is 12.1 Å². The number of nitrogens with one attached hydrogen (secondary N) is 3. The number of carbonyl (C=O) groups is 4. The highest BCUT2D eigenvalue weighted by molar-refractivity contribution is 6.01. The first-order valence-electron chi connectivity index (χ1n) is 9.70. The van der Waals surface area contributed by atoms with Gasteiger partial charge in [0.2, 0.25) is 11.9 Å². The van der Waals surface area contributed by atoms with Crippen molar-refractivity contribution in [3.8, 4) is 0 Å². The first kappa shape index (κ1) is 22.5. The molecule has 12 nitrogen and oxygen atoms in total. The predicted molar refractivity (Wildman–Crippen MR) is 111 cm³/mol. The van der Waals surface area contributed by atoms with Crippen LogP contribution in [0.1, 0.15) is 46.7 Å². The molecule has 0 radical (unpaired) electrons. The Bertz CT molecular complexity index is 1130. The quantitative estimate of drug-likeness (QED) is 0.310. The molecule has 1 aliphatic heterocycles. The lowest BCUT2D eigenvalue weighted by Crippen LogP contribution is -2.41. The molecule has 32 heavy (non-hydrogen) atoms. The Hall–Kier alpha value is -4.22. The molecule has 2 aromatic rings. The molecule has 2 atom stereocenters. The van der Waals surface area contributed by atoms with Crippen molar-refractivity contribution in [3.05, 3.63) is 51.3 Å². The number of benzene rings is 1. The number of nitrogens with two attached hydrogens (primary N) is 1. The van der Waals surface area contributed by atoms with Crippen molar-refractivity contribution < 1.29 is 29.4 Å². The molecule has 1 aliphatic rings. The lowest BCUT2D eigenvalue weighted by atomic mass is 9.94. The zero-order valence-corrected chi connectivity index (χ0v) is 16.8. The van der Waals surface area contributed by atoms with Crippen LogP contribution in [0.25, 0.3) is 0 Å². The Balaban J connectivity index is 1.62. The molecule has 0 unspecified atom stereocenters. The smallest absolute Gasteiger partial charge is 0.326 e. The van der Waals surface area contributed by atoms with Gasteiger partial charge in [0.25, 0.3) is 11.5 Å². The number of carboxylic acids is 2. The number of nitrogens with zero attached hydrogens (tertiary/aromatic N) is 1. The van der Waals surface area contributed by atoms with E-state index in [0.29, 0.717) is 12.8 Å². The number of rotatable bonds is 9. The van der Waals surface area contributed by atoms with Crippen LogP contribution in [0.3, 0.4) is 0 Å². The Kier molecular flexibility index (Phi) is 6.52. The average Bonchev–Trinajstić information content (AvgIpc) is 3.04. The SMILES string of the molecule is Nc1nc2c(c(=O)[nH]1)[C@@H](CCc1ccc(C(=O)N[C@H](CCC(=O)O)C(=O)O)cc1)C(=O)N2. The van der Waals surface area contributed by atoms with Crippen molar-refractivity contribution in [2.24, 2.45) is 0 Å². The number of hydrogen-bond acceptors (Lipinski definition) is 7. The van der Waals surface area contributed by atoms with E-state index in [0.717, 1.165) is 5.56 Å². The Morgan fingerprint density at radius 1 is 1.16 bits per heavy atom. The second-order valence-corrected chi connectivity index (χ2v) is 7.29. The van der Waals surface area contributed by atoms with E-state index in [4.69, 9.17) is 15.9 Å². The van der Waals surface area contributed by atoms with Crippen molar-refractivity contribution in [1.82, 2.24) is 15.3 Å². The minimum atomic E-state index is -1.32. The Labute approximate surface area is 180 Å². The van der Waals surface area contributed by atoms with Gasteiger partial charge in [0.15, 0.2) is 0 Å². The number of aliphatic carboxylic acids is 2. The fourth-order valence-corrected chi connectivity index (χ4v) is 3.43. The molecule has 3 rings (SSSR count). The third-order valence-corrected chi connectivity index (χ3v) is 5.07. The number of carbonyl (C=O) groups excluding carboxylic acids is 2. The number of nitrogen functional groups attached to an aromatic ring is 1. The summed E-state index contributed by atoms with van der Waals surface area (Å²) in [5.74, 6) is -4.09. The minimum absolute atomic E-state index is 0.0864. The maximum Gasteiger partial charge on any atom is 0.326 e. The Morgan fingerprint density at radius 3 is 2.47 bits per heavy atom. The largest absolute Gasteiger partial charge is 0.481 e. The molecule has 0 saturated carbocycles. The maximum absolute atomic E-state index is 12.3. The molecular formula is C20H21N5O7. The van der Waals surface area contributed by atoms with Gasteiger partial charge in [-0.2, -0.15) is 4.98 Å². The number of fused-ring (bicyclic) bond motifs is 1. The van der Waals surface area contributed by atoms with Crippen LogP contribution in [-0.4, -0.2) is 50.0 Å². The number of aromatic nitrogens is 2. The third-order valence-electron chi connectivity index (χ3n) is 5.07. The van der Waals surface area contributed by atoms with Crippen molar-refractivity contribution in [2.75, 3.05) is 11.1 Å². The maximum atomic E-state index is 12.3. The molecule has 0 spiro atoms. The average molecular weight is 443 g/mol. The molecule has 0 bridgehead atoms. The molecule has 0 aliphatic carbocycles. The summed E-state index contributed by atoms with van der Waals surface area (Å²) < 4.78 is 0. The molecule has 1 aromatic heterocycles. The van der Waals surface area contributed by atoms with Crippen molar-refractivity contribution in [2.45, 2.75) is 37.6 Å². The third kappa shape index (κ3) is 5.09. The fraction of sp³-hybridized carbons (Fsp3) is 0.300. The van der Waals surface area contributed by atoms with Crippen LogP contribution in [0.5, 0.6) is 0 Å². The standard InChI is InChI=1S/C20H21N5O7/c21-20-24-15-14(18(30)25-20)11(17(29)23-15)6-3-9-1-4-10(5-2-9)16(28)22-12(19(31)32)7-8-13(26)27/h1-2,4-5,11-12H,3,6-8H2,(H,22,28)(H,26,27)(H,31,32)(H4,21,23,24,25,29,30)/t11-,12-/m1/s1. The van der Waals surface area contributed by atoms with E-state index in [1.165, 1.54) is 12.1 Å². The summed E-state index contributed by atoms with van der Waals surface area (Å²) in [4.78, 5) is 64.9. The summed E-state index contributed by atoms with van der Waals surface area (Å²) in [5.41, 5.74) is 6.26. The van der Waals surface area contributed by atoms with Gasteiger partial charge in [-0.15, -0.1) is 0 Å². The van der Waals surface area contributed by atoms with Crippen LogP contribution in [0.2, 0.25) is 0 Å². The first-order chi connectivity index (χ1) is 15.2. The minimum Gasteiger partial charge on any atom is -0.481 e. The number of anilines is 2. The van der Waals surface area contributed by atoms with Crippen molar-refractivity contribution in [1.29, 1.82) is 0 Å². The highest BCUT2D eigenvalue weighted by Gasteiger charge is 2.34. The highest BCUT2D eigenvalue weighted by atomic mass is 16.4. The molecular weight excluding hydrogens is 422 g/mol. The van der Waals surface area contributed by atoms with Crippen molar-refractivity contribution >= 4 is 35.5 Å². The molecule has 2 heterocycles. The molecule has 0 fully saturated rings. The van der Waals surface area contributed by atoms with Gasteiger partial charge in [0.05, 0.1) is 11.5 Å². The molecule has 1 aromatic carbocycles. The van der Waals surface area contributed by atoms with Crippen LogP contribution in [0, 0.1) is 0 Å². The van der Waals surface area contributed by atoms with Gasteiger partial charge >= 0.3 is 11.9 Å². The van der Waals surface area contributed by atoms with Crippen LogP contribution in [-0.2, 0) is 20.8 Å². The second kappa shape index (κ2) is 9.29. The number of H-pyrrole nitrogens is 1. The van der Waals surface area contributed by atoms with Crippen LogP contribution >= 0.6 is 0 Å². The summed E-state index contributed by atoms with van der Waals surface area (Å²) in [6.07, 6.45) is 0.132. The van der Waals surface area contributed by atoms with E-state index in [-0.39, 0.29) is 41.6 Å². The van der Waals surface area contributed by atoms with Gasteiger partial charge in [-0.05, 0) is 37.0 Å². The van der Waals surface area contributed by atoms with E-state index in [1.807, 2.05) is 0 Å². The van der Waals surface area contributed by atoms with Crippen molar-refractivity contribution in [3.63, 3.8) is 0 Å². The van der Waals surface area contributed by atoms with Crippen LogP contribution in [0.4, 0.5) is 11.8 Å².